The normalized spacial score (nSPS) is 21.9. The van der Waals surface area contributed by atoms with Crippen LogP contribution in [0.5, 0.6) is 11.5 Å². The van der Waals surface area contributed by atoms with Crippen molar-refractivity contribution in [3.05, 3.63) is 46.5 Å². The van der Waals surface area contributed by atoms with Gasteiger partial charge in [-0.15, -0.1) is 0 Å². The van der Waals surface area contributed by atoms with Gasteiger partial charge in [-0.3, -0.25) is 34.3 Å². The number of rotatable bonds is 8. The Kier molecular flexibility index (Phi) is 8.82. The standard InChI is InChI=1S/C36H45N7O6/c1-40(2)31-15-24-25(16-38-34(46)26(24)17-37-31)22-13-29(48-3)27(30(14-22)49-4)18-41-20-36(21-41)9-7-23(8-10-36)42-11-12-43(33(45)19-42)28-5-6-32(44)39-35(28)47/h13-17,23,28H,5-12,18-21H2,1-4H3,(H,38,46)(H,39,44,47). The molecular weight excluding hydrogens is 626 g/mol. The van der Waals surface area contributed by atoms with Crippen LogP contribution in [0.1, 0.15) is 44.1 Å². The molecule has 2 N–H and O–H groups in total. The number of aromatic amines is 1. The van der Waals surface area contributed by atoms with Crippen molar-refractivity contribution >= 4 is 34.3 Å². The van der Waals surface area contributed by atoms with Crippen LogP contribution in [0, 0.1) is 5.41 Å². The zero-order chi connectivity index (χ0) is 34.4. The number of aromatic nitrogens is 2. The fourth-order valence-corrected chi connectivity index (χ4v) is 8.38. The van der Waals surface area contributed by atoms with Crippen molar-refractivity contribution in [2.75, 3.05) is 65.9 Å². The second-order valence-corrected chi connectivity index (χ2v) is 14.3. The van der Waals surface area contributed by atoms with E-state index in [2.05, 4.69) is 25.1 Å². The van der Waals surface area contributed by atoms with Crippen LogP contribution in [0.3, 0.4) is 0 Å². The fraction of sp³-hybridized carbons (Fsp3) is 0.528. The smallest absolute Gasteiger partial charge is 0.257 e. The van der Waals surface area contributed by atoms with E-state index in [9.17, 15) is 19.2 Å². The Labute approximate surface area is 285 Å². The van der Waals surface area contributed by atoms with Crippen molar-refractivity contribution in [1.29, 1.82) is 0 Å². The van der Waals surface area contributed by atoms with Gasteiger partial charge in [-0.1, -0.05) is 0 Å². The van der Waals surface area contributed by atoms with E-state index in [0.717, 1.165) is 84.7 Å². The van der Waals surface area contributed by atoms with Gasteiger partial charge in [-0.25, -0.2) is 4.98 Å². The minimum Gasteiger partial charge on any atom is -0.496 e. The Balaban J connectivity index is 0.990. The number of H-pyrrole nitrogens is 1. The van der Waals surface area contributed by atoms with Crippen LogP contribution in [0.25, 0.3) is 21.9 Å². The first-order valence-corrected chi connectivity index (χ1v) is 17.1. The van der Waals surface area contributed by atoms with Gasteiger partial charge in [0.05, 0.1) is 31.7 Å². The quantitative estimate of drug-likeness (QED) is 0.343. The number of piperidine rings is 1. The minimum absolute atomic E-state index is 0.0196. The Morgan fingerprint density at radius 1 is 0.959 bits per heavy atom. The van der Waals surface area contributed by atoms with Crippen LogP contribution in [-0.2, 0) is 20.9 Å². The van der Waals surface area contributed by atoms with Crippen molar-refractivity contribution in [2.45, 2.75) is 57.2 Å². The van der Waals surface area contributed by atoms with E-state index in [-0.39, 0.29) is 35.1 Å². The van der Waals surface area contributed by atoms with Crippen LogP contribution < -0.4 is 25.2 Å². The number of carbonyl (C=O) groups is 3. The summed E-state index contributed by atoms with van der Waals surface area (Å²) in [5.74, 6) is 1.60. The Morgan fingerprint density at radius 3 is 2.31 bits per heavy atom. The third-order valence-corrected chi connectivity index (χ3v) is 11.1. The molecule has 3 aromatic rings. The molecule has 0 radical (unpaired) electrons. The second-order valence-electron chi connectivity index (χ2n) is 14.3. The lowest BCUT2D eigenvalue weighted by Gasteiger charge is -2.55. The molecule has 1 aromatic carbocycles. The lowest BCUT2D eigenvalue weighted by molar-refractivity contribution is -0.150. The molecule has 3 amide bonds. The first kappa shape index (κ1) is 33.0. The zero-order valence-corrected chi connectivity index (χ0v) is 28.7. The number of methoxy groups -OCH3 is 2. The van der Waals surface area contributed by atoms with E-state index < -0.39 is 6.04 Å². The largest absolute Gasteiger partial charge is 0.496 e. The number of nitrogens with zero attached hydrogens (tertiary/aromatic N) is 5. The highest BCUT2D eigenvalue weighted by Crippen LogP contribution is 2.47. The molecule has 260 valence electrons. The molecule has 1 spiro atoms. The van der Waals surface area contributed by atoms with E-state index in [1.54, 1.807) is 31.5 Å². The molecule has 1 saturated carbocycles. The first-order valence-electron chi connectivity index (χ1n) is 17.1. The molecule has 7 rings (SSSR count). The number of hydrogen-bond donors (Lipinski definition) is 2. The lowest BCUT2D eigenvalue weighted by Crippen LogP contribution is -2.62. The number of ether oxygens (including phenoxy) is 2. The third kappa shape index (κ3) is 6.25. The molecule has 1 unspecified atom stereocenters. The number of amides is 3. The summed E-state index contributed by atoms with van der Waals surface area (Å²) in [6.07, 6.45) is 8.38. The topological polar surface area (TPSA) is 140 Å². The van der Waals surface area contributed by atoms with Crippen LogP contribution in [0.2, 0.25) is 0 Å². The number of benzene rings is 1. The molecule has 3 saturated heterocycles. The predicted molar refractivity (Wildman–Crippen MR) is 185 cm³/mol. The summed E-state index contributed by atoms with van der Waals surface area (Å²) >= 11 is 0. The van der Waals surface area contributed by atoms with Gasteiger partial charge in [0.15, 0.2) is 0 Å². The van der Waals surface area contributed by atoms with Crippen molar-refractivity contribution < 1.29 is 23.9 Å². The average Bonchev–Trinajstić information content (AvgIpc) is 3.08. The molecule has 2 aromatic heterocycles. The highest BCUT2D eigenvalue weighted by molar-refractivity contribution is 6.02. The second kappa shape index (κ2) is 13.1. The van der Waals surface area contributed by atoms with Crippen LogP contribution >= 0.6 is 0 Å². The minimum atomic E-state index is -0.533. The number of carbonyl (C=O) groups excluding carboxylic acids is 3. The summed E-state index contributed by atoms with van der Waals surface area (Å²) in [5.41, 5.74) is 2.83. The Hall–Kier alpha value is -4.49. The predicted octanol–water partition coefficient (Wildman–Crippen LogP) is 2.37. The Morgan fingerprint density at radius 2 is 1.67 bits per heavy atom. The number of likely N-dealkylation sites (tertiary alicyclic amines) is 1. The molecule has 4 aliphatic rings. The maximum atomic E-state index is 13.1. The average molecular weight is 672 g/mol. The SMILES string of the molecule is COc1cc(-c2c[nH]c(=O)c3cnc(N(C)C)cc23)cc(OC)c1CN1CC2(CCC(N3CCN(C4CCC(=O)NC4=O)C(=O)C3)CC2)C1. The first-order chi connectivity index (χ1) is 23.6. The van der Waals surface area contributed by atoms with Gasteiger partial charge in [0, 0.05) is 82.6 Å². The van der Waals surface area contributed by atoms with Gasteiger partial charge in [0.1, 0.15) is 23.4 Å². The van der Waals surface area contributed by atoms with Crippen molar-refractivity contribution in [3.63, 3.8) is 0 Å². The van der Waals surface area contributed by atoms with E-state index >= 15 is 0 Å². The van der Waals surface area contributed by atoms with Crippen molar-refractivity contribution in [1.82, 2.24) is 30.0 Å². The number of fused-ring (bicyclic) bond motifs is 1. The number of anilines is 1. The summed E-state index contributed by atoms with van der Waals surface area (Å²) in [4.78, 5) is 65.2. The van der Waals surface area contributed by atoms with Gasteiger partial charge in [-0.05, 0) is 61.3 Å². The van der Waals surface area contributed by atoms with Gasteiger partial charge in [-0.2, -0.15) is 0 Å². The molecule has 5 heterocycles. The molecule has 0 bridgehead atoms. The Bertz CT molecular complexity index is 1820. The summed E-state index contributed by atoms with van der Waals surface area (Å²) in [6, 6.07) is 5.80. The number of pyridine rings is 2. The van der Waals surface area contributed by atoms with Crippen molar-refractivity contribution in [3.8, 4) is 22.6 Å². The zero-order valence-electron chi connectivity index (χ0n) is 28.7. The van der Waals surface area contributed by atoms with E-state index in [1.165, 1.54) is 0 Å². The van der Waals surface area contributed by atoms with Gasteiger partial charge in [0.25, 0.3) is 5.56 Å². The molecule has 4 fully saturated rings. The van der Waals surface area contributed by atoms with Crippen LogP contribution in [0.4, 0.5) is 5.82 Å². The van der Waals surface area contributed by atoms with E-state index in [4.69, 9.17) is 9.47 Å². The van der Waals surface area contributed by atoms with Gasteiger partial charge in [0.2, 0.25) is 17.7 Å². The maximum Gasteiger partial charge on any atom is 0.257 e. The molecule has 13 heteroatoms. The van der Waals surface area contributed by atoms with Crippen molar-refractivity contribution in [2.24, 2.45) is 5.41 Å². The van der Waals surface area contributed by atoms with Gasteiger partial charge >= 0.3 is 0 Å². The van der Waals surface area contributed by atoms with Crippen LogP contribution in [-0.4, -0.2) is 116 Å². The molecule has 1 aliphatic carbocycles. The number of hydrogen-bond acceptors (Lipinski definition) is 10. The number of piperazine rings is 1. The number of imide groups is 1. The number of nitrogens with one attached hydrogen (secondary N) is 2. The molecule has 1 atom stereocenters. The summed E-state index contributed by atoms with van der Waals surface area (Å²) in [6.45, 7) is 4.32. The molecule has 3 aliphatic heterocycles. The van der Waals surface area contributed by atoms with E-state index in [0.29, 0.717) is 37.5 Å². The molecule has 13 nitrogen and oxygen atoms in total. The van der Waals surface area contributed by atoms with Crippen LogP contribution in [0.15, 0.2) is 35.4 Å². The van der Waals surface area contributed by atoms with Gasteiger partial charge < -0.3 is 24.3 Å². The molecule has 49 heavy (non-hydrogen) atoms. The highest BCUT2D eigenvalue weighted by Gasteiger charge is 2.47. The lowest BCUT2D eigenvalue weighted by atomic mass is 9.67. The highest BCUT2D eigenvalue weighted by atomic mass is 16.5. The molecular formula is C36H45N7O6. The van der Waals surface area contributed by atoms with E-state index in [1.807, 2.05) is 37.2 Å². The summed E-state index contributed by atoms with van der Waals surface area (Å²) in [7, 11) is 7.19. The summed E-state index contributed by atoms with van der Waals surface area (Å²) in [5, 5.41) is 3.71. The monoisotopic (exact) mass is 671 g/mol. The summed E-state index contributed by atoms with van der Waals surface area (Å²) < 4.78 is 11.9. The third-order valence-electron chi connectivity index (χ3n) is 11.1. The maximum absolute atomic E-state index is 13.1. The fourth-order valence-electron chi connectivity index (χ4n) is 8.38.